The van der Waals surface area contributed by atoms with Gasteiger partial charge in [-0.3, -0.25) is 9.78 Å². The van der Waals surface area contributed by atoms with Gasteiger partial charge in [0.15, 0.2) is 0 Å². The van der Waals surface area contributed by atoms with Gasteiger partial charge in [-0.15, -0.1) is 0 Å². The number of benzene rings is 1. The molecule has 0 spiro atoms. The Hall–Kier alpha value is -2.89. The predicted octanol–water partition coefficient (Wildman–Crippen LogP) is 3.15. The molecule has 1 aliphatic rings. The van der Waals surface area contributed by atoms with Gasteiger partial charge in [0.1, 0.15) is 5.69 Å². The van der Waals surface area contributed by atoms with Gasteiger partial charge in [0.25, 0.3) is 5.91 Å². The number of nitrogens with one attached hydrogen (secondary N) is 1. The van der Waals surface area contributed by atoms with Crippen LogP contribution in [0.4, 0.5) is 10.5 Å². The first-order chi connectivity index (χ1) is 12.1. The summed E-state index contributed by atoms with van der Waals surface area (Å²) in [5.41, 5.74) is 2.03. The minimum atomic E-state index is -0.195. The van der Waals surface area contributed by atoms with Crippen LogP contribution in [0, 0.1) is 0 Å². The zero-order valence-corrected chi connectivity index (χ0v) is 14.5. The van der Waals surface area contributed by atoms with Gasteiger partial charge in [-0.1, -0.05) is 30.3 Å². The molecule has 1 aromatic carbocycles. The van der Waals surface area contributed by atoms with Crippen molar-refractivity contribution in [3.05, 3.63) is 59.9 Å². The molecule has 3 amide bonds. The SMILES string of the molecule is CN(C)C(=O)c1cc(NC(=O)N2CCC[C@@H]2c2ccccc2)ccn1. The van der Waals surface area contributed by atoms with Crippen molar-refractivity contribution in [3.63, 3.8) is 0 Å². The fourth-order valence-electron chi connectivity index (χ4n) is 3.08. The second kappa shape index (κ2) is 7.34. The minimum Gasteiger partial charge on any atom is -0.343 e. The first-order valence-electron chi connectivity index (χ1n) is 8.36. The van der Waals surface area contributed by atoms with Gasteiger partial charge in [0.05, 0.1) is 6.04 Å². The van der Waals surface area contributed by atoms with Crippen molar-refractivity contribution in [3.8, 4) is 0 Å². The minimum absolute atomic E-state index is 0.0888. The zero-order chi connectivity index (χ0) is 17.8. The number of amides is 3. The number of carbonyl (C=O) groups excluding carboxylic acids is 2. The Morgan fingerprint density at radius 2 is 1.96 bits per heavy atom. The molecule has 6 heteroatoms. The molecule has 6 nitrogen and oxygen atoms in total. The Balaban J connectivity index is 1.74. The Morgan fingerprint density at radius 1 is 1.20 bits per heavy atom. The lowest BCUT2D eigenvalue weighted by Crippen LogP contribution is -2.34. The summed E-state index contributed by atoms with van der Waals surface area (Å²) in [7, 11) is 3.34. The van der Waals surface area contributed by atoms with Crippen molar-refractivity contribution in [1.82, 2.24) is 14.8 Å². The summed E-state index contributed by atoms with van der Waals surface area (Å²) in [6, 6.07) is 13.3. The largest absolute Gasteiger partial charge is 0.343 e. The highest BCUT2D eigenvalue weighted by Crippen LogP contribution is 2.32. The third kappa shape index (κ3) is 3.79. The molecular formula is C19H22N4O2. The van der Waals surface area contributed by atoms with E-state index in [9.17, 15) is 9.59 Å². The van der Waals surface area contributed by atoms with Gasteiger partial charge in [-0.25, -0.2) is 4.79 Å². The van der Waals surface area contributed by atoms with E-state index in [1.165, 1.54) is 11.1 Å². The molecule has 0 aliphatic carbocycles. The van der Waals surface area contributed by atoms with Crippen molar-refractivity contribution in [2.45, 2.75) is 18.9 Å². The third-order valence-corrected chi connectivity index (χ3v) is 4.33. The Labute approximate surface area is 147 Å². The Bertz CT molecular complexity index is 761. The number of rotatable bonds is 3. The van der Waals surface area contributed by atoms with Gasteiger partial charge in [-0.05, 0) is 30.5 Å². The number of nitrogens with zero attached hydrogens (tertiary/aromatic N) is 3. The fourth-order valence-corrected chi connectivity index (χ4v) is 3.08. The van der Waals surface area contributed by atoms with Crippen LogP contribution < -0.4 is 5.32 Å². The molecule has 2 heterocycles. The van der Waals surface area contributed by atoms with Gasteiger partial charge in [-0.2, -0.15) is 0 Å². The summed E-state index contributed by atoms with van der Waals surface area (Å²) < 4.78 is 0. The summed E-state index contributed by atoms with van der Waals surface area (Å²) in [4.78, 5) is 32.1. The van der Waals surface area contributed by atoms with E-state index in [1.807, 2.05) is 23.1 Å². The maximum absolute atomic E-state index is 12.7. The van der Waals surface area contributed by atoms with Gasteiger partial charge in [0, 0.05) is 32.5 Å². The van der Waals surface area contributed by atoms with Crippen molar-refractivity contribution in [2.75, 3.05) is 26.0 Å². The summed E-state index contributed by atoms with van der Waals surface area (Å²) in [6.45, 7) is 0.722. The van der Waals surface area contributed by atoms with E-state index < -0.39 is 0 Å². The van der Waals surface area contributed by atoms with Crippen LogP contribution in [0.15, 0.2) is 48.7 Å². The smallest absolute Gasteiger partial charge is 0.322 e. The quantitative estimate of drug-likeness (QED) is 0.935. The number of aromatic nitrogens is 1. The van der Waals surface area contributed by atoms with Gasteiger partial charge < -0.3 is 15.1 Å². The van der Waals surface area contributed by atoms with Crippen LogP contribution in [0.1, 0.15) is 34.9 Å². The van der Waals surface area contributed by atoms with E-state index in [1.54, 1.807) is 26.2 Å². The number of hydrogen-bond acceptors (Lipinski definition) is 3. The molecule has 2 aromatic rings. The van der Waals surface area contributed by atoms with E-state index in [0.29, 0.717) is 11.4 Å². The second-order valence-electron chi connectivity index (χ2n) is 6.32. The number of pyridine rings is 1. The average molecular weight is 338 g/mol. The number of likely N-dealkylation sites (tertiary alicyclic amines) is 1. The monoisotopic (exact) mass is 338 g/mol. The predicted molar refractivity (Wildman–Crippen MR) is 96.4 cm³/mol. The van der Waals surface area contributed by atoms with Crippen molar-refractivity contribution in [2.24, 2.45) is 0 Å². The standard InChI is InChI=1S/C19H22N4O2/c1-22(2)18(24)16-13-15(10-11-20-16)21-19(25)23-12-6-9-17(23)14-7-4-3-5-8-14/h3-5,7-8,10-11,13,17H,6,9,12H2,1-2H3,(H,20,21,25)/t17-/m1/s1. The van der Waals surface area contributed by atoms with E-state index in [-0.39, 0.29) is 18.0 Å². The lowest BCUT2D eigenvalue weighted by molar-refractivity contribution is 0.0822. The van der Waals surface area contributed by atoms with E-state index >= 15 is 0 Å². The van der Waals surface area contributed by atoms with E-state index in [4.69, 9.17) is 0 Å². The maximum atomic E-state index is 12.7. The highest BCUT2D eigenvalue weighted by atomic mass is 16.2. The molecular weight excluding hydrogens is 316 g/mol. The lowest BCUT2D eigenvalue weighted by Gasteiger charge is -2.25. The molecule has 1 saturated heterocycles. The van der Waals surface area contributed by atoms with Crippen LogP contribution in [0.5, 0.6) is 0 Å². The van der Waals surface area contributed by atoms with Crippen LogP contribution in [-0.4, -0.2) is 47.4 Å². The first-order valence-corrected chi connectivity index (χ1v) is 8.36. The molecule has 1 atom stereocenters. The van der Waals surface area contributed by atoms with Crippen molar-refractivity contribution < 1.29 is 9.59 Å². The summed E-state index contributed by atoms with van der Waals surface area (Å²) in [5, 5.41) is 2.89. The lowest BCUT2D eigenvalue weighted by atomic mass is 10.1. The summed E-state index contributed by atoms with van der Waals surface area (Å²) in [6.07, 6.45) is 3.47. The van der Waals surface area contributed by atoms with Crippen molar-refractivity contribution in [1.29, 1.82) is 0 Å². The fraction of sp³-hybridized carbons (Fsp3) is 0.316. The highest BCUT2D eigenvalue weighted by molar-refractivity contribution is 5.95. The molecule has 1 aliphatic heterocycles. The molecule has 0 bridgehead atoms. The zero-order valence-electron chi connectivity index (χ0n) is 14.5. The van der Waals surface area contributed by atoms with E-state index in [0.717, 1.165) is 24.9 Å². The van der Waals surface area contributed by atoms with Crippen LogP contribution in [-0.2, 0) is 0 Å². The van der Waals surface area contributed by atoms with Crippen LogP contribution in [0.25, 0.3) is 0 Å². The Kier molecular flexibility index (Phi) is 4.97. The average Bonchev–Trinajstić information content (AvgIpc) is 3.12. The normalized spacial score (nSPS) is 16.6. The summed E-state index contributed by atoms with van der Waals surface area (Å²) in [5.74, 6) is -0.195. The first kappa shape index (κ1) is 17.0. The number of urea groups is 1. The summed E-state index contributed by atoms with van der Waals surface area (Å²) >= 11 is 0. The van der Waals surface area contributed by atoms with Crippen molar-refractivity contribution >= 4 is 17.6 Å². The van der Waals surface area contributed by atoms with Gasteiger partial charge in [0.2, 0.25) is 0 Å². The molecule has 0 unspecified atom stereocenters. The number of carbonyl (C=O) groups is 2. The maximum Gasteiger partial charge on any atom is 0.322 e. The molecule has 25 heavy (non-hydrogen) atoms. The highest BCUT2D eigenvalue weighted by Gasteiger charge is 2.29. The van der Waals surface area contributed by atoms with E-state index in [2.05, 4.69) is 22.4 Å². The van der Waals surface area contributed by atoms with Gasteiger partial charge >= 0.3 is 6.03 Å². The molecule has 0 saturated carbocycles. The molecule has 3 rings (SSSR count). The van der Waals surface area contributed by atoms with Crippen LogP contribution in [0.3, 0.4) is 0 Å². The molecule has 1 aromatic heterocycles. The third-order valence-electron chi connectivity index (χ3n) is 4.33. The topological polar surface area (TPSA) is 65.5 Å². The molecule has 1 N–H and O–H groups in total. The Morgan fingerprint density at radius 3 is 2.68 bits per heavy atom. The molecule has 1 fully saturated rings. The second-order valence-corrected chi connectivity index (χ2v) is 6.32. The number of anilines is 1. The molecule has 0 radical (unpaired) electrons. The van der Waals surface area contributed by atoms with Crippen LogP contribution in [0.2, 0.25) is 0 Å². The van der Waals surface area contributed by atoms with Crippen LogP contribution >= 0.6 is 0 Å². The number of hydrogen-bond donors (Lipinski definition) is 1. The molecule has 130 valence electrons.